The number of aliphatic hydroxyl groups is 4. The monoisotopic (exact) mass is 986 g/mol. The van der Waals surface area contributed by atoms with Gasteiger partial charge in [-0.2, -0.15) is 16.8 Å². The molecule has 66 heavy (non-hydrogen) atoms. The molecule has 0 unspecified atom stereocenters. The fourth-order valence-electron chi connectivity index (χ4n) is 5.90. The number of anilines is 2. The number of carboxylic acids is 2. The first-order valence-corrected chi connectivity index (χ1v) is 21.3. The fraction of sp³-hybridized carbons (Fsp3) is 0.409. The van der Waals surface area contributed by atoms with Gasteiger partial charge < -0.3 is 43.3 Å². The Labute approximate surface area is 423 Å². The van der Waals surface area contributed by atoms with E-state index in [-0.39, 0.29) is 71.1 Å². The molecule has 2 heterocycles. The van der Waals surface area contributed by atoms with E-state index < -0.39 is 72.3 Å². The predicted octanol–water partition coefficient (Wildman–Crippen LogP) is 4.51. The van der Waals surface area contributed by atoms with E-state index >= 15 is 0 Å². The zero-order valence-corrected chi connectivity index (χ0v) is 41.9. The SMILES string of the molecule is CC(C)c1nc(N(C)C)nc(-c2ccc(F)cc2)c1/C=C/[C@@H](O)C[C@@H](O)CC(=O)O.CC(C)c1nc(N(C)C)nc(-c2ccccc2)c1/C=C/[C@@H](O)C[C@@H](O)CC(=O)O.O=S=O.O=S=O.[Ca+2].[H-].[H-]. The molecule has 2 aromatic heterocycles. The van der Waals surface area contributed by atoms with Gasteiger partial charge in [-0.3, -0.25) is 9.59 Å². The minimum Gasteiger partial charge on any atom is -1.00 e. The van der Waals surface area contributed by atoms with Crippen LogP contribution in [-0.2, 0) is 32.7 Å². The van der Waals surface area contributed by atoms with Crippen molar-refractivity contribution in [2.45, 2.75) is 89.6 Å². The van der Waals surface area contributed by atoms with Gasteiger partial charge in [-0.25, -0.2) is 24.3 Å². The molecule has 4 aromatic rings. The third-order valence-electron chi connectivity index (χ3n) is 8.80. The second-order valence-corrected chi connectivity index (χ2v) is 15.5. The Morgan fingerprint density at radius 3 is 1.26 bits per heavy atom. The molecule has 0 radical (unpaired) electrons. The van der Waals surface area contributed by atoms with E-state index in [1.165, 1.54) is 18.2 Å². The largest absolute Gasteiger partial charge is 2.00 e. The number of carboxylic acid groups (broad SMARTS) is 2. The van der Waals surface area contributed by atoms with Crippen LogP contribution in [0.2, 0.25) is 0 Å². The molecule has 2 aromatic carbocycles. The Hall–Kier alpha value is -4.71. The van der Waals surface area contributed by atoms with Crippen molar-refractivity contribution in [2.75, 3.05) is 38.0 Å². The van der Waals surface area contributed by atoms with Gasteiger partial charge in [-0.05, 0) is 36.1 Å². The third kappa shape index (κ3) is 22.2. The molecular formula is C44H59CaFN6O12S2. The summed E-state index contributed by atoms with van der Waals surface area (Å²) in [7, 11) is 7.43. The molecule has 0 bridgehead atoms. The number of aliphatic carboxylic acids is 2. The summed E-state index contributed by atoms with van der Waals surface area (Å²) >= 11 is -1.50. The van der Waals surface area contributed by atoms with Crippen LogP contribution in [0.25, 0.3) is 34.7 Å². The van der Waals surface area contributed by atoms with Gasteiger partial charge in [0.25, 0.3) is 0 Å². The van der Waals surface area contributed by atoms with Crippen LogP contribution in [0.4, 0.5) is 16.3 Å². The third-order valence-corrected chi connectivity index (χ3v) is 8.80. The fourth-order valence-corrected chi connectivity index (χ4v) is 5.90. The second kappa shape index (κ2) is 32.1. The van der Waals surface area contributed by atoms with Crippen LogP contribution >= 0.6 is 0 Å². The maximum absolute atomic E-state index is 13.4. The molecule has 0 aliphatic heterocycles. The van der Waals surface area contributed by atoms with Crippen molar-refractivity contribution < 1.29 is 64.3 Å². The molecule has 22 heteroatoms. The first kappa shape index (κ1) is 61.3. The van der Waals surface area contributed by atoms with Crippen LogP contribution < -0.4 is 9.80 Å². The van der Waals surface area contributed by atoms with E-state index in [1.807, 2.05) is 91.1 Å². The molecular weight excluding hydrogens is 928 g/mol. The van der Waals surface area contributed by atoms with E-state index in [0.29, 0.717) is 28.7 Å². The average Bonchev–Trinajstić information content (AvgIpc) is 3.22. The summed E-state index contributed by atoms with van der Waals surface area (Å²) in [5, 5.41) is 57.5. The van der Waals surface area contributed by atoms with E-state index in [4.69, 9.17) is 37.0 Å². The number of halogens is 1. The topological polar surface area (TPSA) is 282 Å². The molecule has 0 aliphatic rings. The van der Waals surface area contributed by atoms with Crippen LogP contribution in [0.15, 0.2) is 66.7 Å². The van der Waals surface area contributed by atoms with Crippen LogP contribution in [-0.4, -0.2) is 170 Å². The Kier molecular flexibility index (Phi) is 29.8. The molecule has 0 saturated heterocycles. The first-order chi connectivity index (χ1) is 30.6. The summed E-state index contributed by atoms with van der Waals surface area (Å²) in [6.45, 7) is 8.06. The van der Waals surface area contributed by atoms with Gasteiger partial charge in [0.15, 0.2) is 0 Å². The summed E-state index contributed by atoms with van der Waals surface area (Å²) in [5.41, 5.74) is 6.04. The Balaban J connectivity index is -0.00000107. The summed E-state index contributed by atoms with van der Waals surface area (Å²) in [5.74, 6) is -1.32. The van der Waals surface area contributed by atoms with Crippen molar-refractivity contribution in [3.8, 4) is 22.5 Å². The van der Waals surface area contributed by atoms with E-state index in [1.54, 1.807) is 35.3 Å². The van der Waals surface area contributed by atoms with Crippen LogP contribution in [0.3, 0.4) is 0 Å². The number of rotatable bonds is 18. The number of hydrogen-bond acceptors (Lipinski definition) is 16. The minimum absolute atomic E-state index is 0. The van der Waals surface area contributed by atoms with Crippen molar-refractivity contribution in [1.29, 1.82) is 0 Å². The molecule has 4 atom stereocenters. The molecule has 0 amide bonds. The van der Waals surface area contributed by atoms with Gasteiger partial charge in [0.2, 0.25) is 11.9 Å². The first-order valence-electron chi connectivity index (χ1n) is 20.0. The van der Waals surface area contributed by atoms with Crippen LogP contribution in [0.5, 0.6) is 0 Å². The number of aliphatic hydroxyl groups excluding tert-OH is 4. The Bertz CT molecular complexity index is 2260. The second-order valence-electron chi connectivity index (χ2n) is 15.3. The molecule has 0 aliphatic carbocycles. The van der Waals surface area contributed by atoms with Crippen molar-refractivity contribution in [2.24, 2.45) is 0 Å². The quantitative estimate of drug-likeness (QED) is 0.0748. The van der Waals surface area contributed by atoms with Crippen LogP contribution in [0, 0.1) is 5.82 Å². The van der Waals surface area contributed by atoms with Gasteiger partial charge >= 0.3 is 72.8 Å². The Morgan fingerprint density at radius 2 is 0.955 bits per heavy atom. The number of benzene rings is 2. The molecule has 18 nitrogen and oxygen atoms in total. The standard InChI is InChI=1S/C22H28FN3O4.C22H29N3O4.Ca.2O2S.2H/c1-13(2)20-18(10-9-16(27)11-17(28)12-19(29)30)21(25-22(24-20)26(3)4)14-5-7-15(23)8-6-14;1-14(2)20-18(11-10-16(26)12-17(27)13-19(28)29)21(15-8-6-5-7-9-15)24-22(23-20)25(3)4;;2*1-3-2;;/h5-10,13,16-17,27-28H,11-12H2,1-4H3,(H,29,30);5-11,14,16-17,26-27H,12-13H2,1-4H3,(H,28,29);;;;;/q;;+2;;;2*-1/b10-9+;11-10+;;;;;/t2*16-,17-;;;;;/m11...../s1. The minimum atomic E-state index is -1.16. The van der Waals surface area contributed by atoms with Gasteiger partial charge in [-0.1, -0.05) is 82.3 Å². The molecule has 0 spiro atoms. The van der Waals surface area contributed by atoms with E-state index in [9.17, 15) is 34.4 Å². The number of carbonyl (C=O) groups is 2. The summed E-state index contributed by atoms with van der Waals surface area (Å²) in [4.78, 5) is 43.7. The van der Waals surface area contributed by atoms with Gasteiger partial charge in [0.1, 0.15) is 5.82 Å². The van der Waals surface area contributed by atoms with Crippen molar-refractivity contribution in [3.05, 3.63) is 95.1 Å². The molecule has 6 N–H and O–H groups in total. The number of nitrogens with zero attached hydrogens (tertiary/aromatic N) is 6. The summed E-state index contributed by atoms with van der Waals surface area (Å²) in [6, 6.07) is 15.7. The van der Waals surface area contributed by atoms with Crippen LogP contribution in [0.1, 0.15) is 90.6 Å². The zero-order valence-electron chi connectivity index (χ0n) is 40.0. The van der Waals surface area contributed by atoms with Gasteiger partial charge in [0.05, 0.1) is 60.0 Å². The van der Waals surface area contributed by atoms with Gasteiger partial charge in [0, 0.05) is 63.3 Å². The van der Waals surface area contributed by atoms with Gasteiger partial charge in [-0.15, -0.1) is 0 Å². The summed E-state index contributed by atoms with van der Waals surface area (Å²) in [6.07, 6.45) is 1.15. The molecule has 0 fully saturated rings. The normalized spacial score (nSPS) is 12.5. The predicted molar refractivity (Wildman–Crippen MR) is 253 cm³/mol. The van der Waals surface area contributed by atoms with E-state index in [2.05, 4.69) is 9.97 Å². The number of hydrogen-bond donors (Lipinski definition) is 6. The smallest absolute Gasteiger partial charge is 1.00 e. The van der Waals surface area contributed by atoms with E-state index in [0.717, 1.165) is 28.2 Å². The molecule has 4 rings (SSSR count). The van der Waals surface area contributed by atoms with Crippen molar-refractivity contribution in [3.63, 3.8) is 0 Å². The number of aromatic nitrogens is 4. The summed E-state index contributed by atoms with van der Waals surface area (Å²) < 4.78 is 46.6. The van der Waals surface area contributed by atoms with Crippen molar-refractivity contribution in [1.82, 2.24) is 19.9 Å². The van der Waals surface area contributed by atoms with Crippen molar-refractivity contribution >= 4 is 96.9 Å². The average molecular weight is 987 g/mol. The zero-order chi connectivity index (χ0) is 49.4. The molecule has 358 valence electrons. The Morgan fingerprint density at radius 1 is 0.621 bits per heavy atom. The molecule has 0 saturated carbocycles. The maximum Gasteiger partial charge on any atom is 2.00 e. The maximum atomic E-state index is 13.4.